The third-order valence-electron chi connectivity index (χ3n) is 7.79. The Labute approximate surface area is 213 Å². The minimum atomic E-state index is 0.0604. The maximum Gasteiger partial charge on any atom is 0.159 e. The summed E-state index contributed by atoms with van der Waals surface area (Å²) >= 11 is 0. The van der Waals surface area contributed by atoms with Crippen LogP contribution in [0.2, 0.25) is 0 Å². The van der Waals surface area contributed by atoms with Crippen LogP contribution in [0.4, 0.5) is 0 Å². The summed E-state index contributed by atoms with van der Waals surface area (Å²) in [5, 5.41) is 1.21. The Morgan fingerprint density at radius 2 is 1.97 bits per heavy atom. The van der Waals surface area contributed by atoms with E-state index in [1.807, 2.05) is 18.3 Å². The molecule has 2 bridgehead atoms. The summed E-state index contributed by atoms with van der Waals surface area (Å²) in [6.45, 7) is 6.91. The van der Waals surface area contributed by atoms with E-state index in [2.05, 4.69) is 35.0 Å². The third kappa shape index (κ3) is 5.16. The second-order valence-electron chi connectivity index (χ2n) is 10.2. The van der Waals surface area contributed by atoms with Crippen LogP contribution < -0.4 is 9.47 Å². The van der Waals surface area contributed by atoms with Crippen LogP contribution in [0.5, 0.6) is 11.5 Å². The van der Waals surface area contributed by atoms with Gasteiger partial charge in [0.2, 0.25) is 0 Å². The summed E-state index contributed by atoms with van der Waals surface area (Å²) in [6, 6.07) is 10.4. The molecule has 36 heavy (non-hydrogen) atoms. The number of carbonyl (C=O) groups is 1. The largest absolute Gasteiger partial charge is 0.496 e. The molecule has 1 aromatic heterocycles. The fraction of sp³-hybridized carbons (Fsp3) is 0.500. The number of nitrogens with one attached hydrogen (secondary N) is 1. The van der Waals surface area contributed by atoms with Gasteiger partial charge in [-0.15, -0.1) is 0 Å². The lowest BCUT2D eigenvalue weighted by Crippen LogP contribution is -2.39. The van der Waals surface area contributed by atoms with Gasteiger partial charge in [-0.25, -0.2) is 0 Å². The van der Waals surface area contributed by atoms with Gasteiger partial charge in [0.15, 0.2) is 5.78 Å². The van der Waals surface area contributed by atoms with E-state index < -0.39 is 0 Å². The number of aromatic amines is 1. The summed E-state index contributed by atoms with van der Waals surface area (Å²) < 4.78 is 18.6. The molecule has 2 aliphatic heterocycles. The zero-order valence-corrected chi connectivity index (χ0v) is 21.8. The lowest BCUT2D eigenvalue weighted by Gasteiger charge is -2.40. The van der Waals surface area contributed by atoms with Crippen molar-refractivity contribution >= 4 is 16.7 Å². The maximum atomic E-state index is 12.2. The van der Waals surface area contributed by atoms with Crippen molar-refractivity contribution in [2.75, 3.05) is 26.9 Å². The Hall–Kier alpha value is -2.83. The van der Waals surface area contributed by atoms with Gasteiger partial charge in [-0.2, -0.15) is 0 Å². The van der Waals surface area contributed by atoms with Gasteiger partial charge in [0.1, 0.15) is 11.5 Å². The van der Waals surface area contributed by atoms with Crippen molar-refractivity contribution in [3.63, 3.8) is 0 Å². The van der Waals surface area contributed by atoms with Gasteiger partial charge in [-0.05, 0) is 69.7 Å². The number of methoxy groups -OCH3 is 1. The highest BCUT2D eigenvalue weighted by Gasteiger charge is 2.33. The van der Waals surface area contributed by atoms with Gasteiger partial charge in [0, 0.05) is 59.5 Å². The number of Topliss-reactive ketones (excluding diaryl/α,β-unsaturated/α-hetero) is 1. The SMILES string of the molecule is COc1cc(C)c2[nH]ccc2c1CN1CC[C@H]2C[C@H]1c1ccc(C(C)=O)cc1OCCCCCCO2. The van der Waals surface area contributed by atoms with E-state index in [-0.39, 0.29) is 17.9 Å². The molecule has 1 fully saturated rings. The lowest BCUT2D eigenvalue weighted by molar-refractivity contribution is -0.0203. The van der Waals surface area contributed by atoms with Crippen molar-refractivity contribution < 1.29 is 19.0 Å². The lowest BCUT2D eigenvalue weighted by atomic mass is 9.90. The van der Waals surface area contributed by atoms with Gasteiger partial charge in [-0.3, -0.25) is 9.69 Å². The molecule has 0 radical (unpaired) electrons. The van der Waals surface area contributed by atoms with E-state index in [1.54, 1.807) is 14.0 Å². The zero-order valence-electron chi connectivity index (χ0n) is 21.8. The Balaban J connectivity index is 1.54. The molecule has 0 aliphatic carbocycles. The minimum Gasteiger partial charge on any atom is -0.496 e. The quantitative estimate of drug-likeness (QED) is 0.431. The molecule has 3 heterocycles. The Morgan fingerprint density at radius 1 is 1.14 bits per heavy atom. The molecule has 2 aliphatic rings. The number of piperidine rings is 1. The van der Waals surface area contributed by atoms with E-state index in [0.717, 1.165) is 80.8 Å². The van der Waals surface area contributed by atoms with Crippen molar-refractivity contribution in [1.82, 2.24) is 9.88 Å². The average Bonchev–Trinajstić information content (AvgIpc) is 3.38. The number of benzene rings is 2. The third-order valence-corrected chi connectivity index (χ3v) is 7.79. The van der Waals surface area contributed by atoms with Crippen LogP contribution in [0, 0.1) is 6.92 Å². The fourth-order valence-corrected chi connectivity index (χ4v) is 5.77. The van der Waals surface area contributed by atoms with Crippen LogP contribution in [0.1, 0.15) is 78.5 Å². The summed E-state index contributed by atoms with van der Waals surface area (Å²) in [7, 11) is 1.75. The van der Waals surface area contributed by atoms with Gasteiger partial charge in [0.05, 0.1) is 19.8 Å². The van der Waals surface area contributed by atoms with Crippen molar-refractivity contribution in [2.24, 2.45) is 0 Å². The molecule has 6 nitrogen and oxygen atoms in total. The van der Waals surface area contributed by atoms with Crippen LogP contribution in [0.25, 0.3) is 10.9 Å². The first kappa shape index (κ1) is 24.8. The number of likely N-dealkylation sites (tertiary alicyclic amines) is 1. The van der Waals surface area contributed by atoms with Crippen molar-refractivity contribution in [3.8, 4) is 11.5 Å². The maximum absolute atomic E-state index is 12.2. The van der Waals surface area contributed by atoms with Crippen LogP contribution in [-0.2, 0) is 11.3 Å². The molecular weight excluding hydrogens is 452 g/mol. The van der Waals surface area contributed by atoms with E-state index in [4.69, 9.17) is 14.2 Å². The minimum absolute atomic E-state index is 0.0604. The fourth-order valence-electron chi connectivity index (χ4n) is 5.77. The highest BCUT2D eigenvalue weighted by atomic mass is 16.5. The van der Waals surface area contributed by atoms with Gasteiger partial charge >= 0.3 is 0 Å². The van der Waals surface area contributed by atoms with Crippen LogP contribution in [-0.4, -0.2) is 48.6 Å². The van der Waals surface area contributed by atoms with Gasteiger partial charge < -0.3 is 19.2 Å². The van der Waals surface area contributed by atoms with Crippen molar-refractivity contribution in [1.29, 1.82) is 0 Å². The summed E-state index contributed by atoms with van der Waals surface area (Å²) in [5.41, 5.74) is 5.38. The van der Waals surface area contributed by atoms with Crippen molar-refractivity contribution in [3.05, 3.63) is 58.8 Å². The predicted octanol–water partition coefficient (Wildman–Crippen LogP) is 6.36. The second-order valence-corrected chi connectivity index (χ2v) is 10.2. The molecule has 0 amide bonds. The number of aromatic nitrogens is 1. The van der Waals surface area contributed by atoms with E-state index in [9.17, 15) is 4.79 Å². The van der Waals surface area contributed by atoms with E-state index in [1.165, 1.54) is 16.5 Å². The first-order valence-electron chi connectivity index (χ1n) is 13.3. The second kappa shape index (κ2) is 11.1. The predicted molar refractivity (Wildman–Crippen MR) is 142 cm³/mol. The molecule has 0 saturated carbocycles. The highest BCUT2D eigenvalue weighted by molar-refractivity contribution is 5.94. The number of aryl methyl sites for hydroxylation is 1. The number of rotatable bonds is 4. The summed E-state index contributed by atoms with van der Waals surface area (Å²) in [5.74, 6) is 1.82. The average molecular weight is 491 g/mol. The van der Waals surface area contributed by atoms with E-state index in [0.29, 0.717) is 12.2 Å². The number of H-pyrrole nitrogens is 1. The molecule has 3 aromatic rings. The molecule has 0 unspecified atom stereocenters. The monoisotopic (exact) mass is 490 g/mol. The molecule has 1 saturated heterocycles. The number of hydrogen-bond acceptors (Lipinski definition) is 5. The highest BCUT2D eigenvalue weighted by Crippen LogP contribution is 2.41. The number of hydrogen-bond donors (Lipinski definition) is 1. The normalized spacial score (nSPS) is 21.5. The number of fused-ring (bicyclic) bond motifs is 5. The number of ketones is 1. The van der Waals surface area contributed by atoms with Crippen LogP contribution in [0.3, 0.4) is 0 Å². The standard InChI is InChI=1S/C30H38N2O4/c1-20-16-28(34-3)26(24-10-12-31-30(20)24)19-32-13-11-23-18-27(32)25-9-8-22(21(2)33)17-29(25)36-15-7-5-4-6-14-35-23/h8-10,12,16-17,23,27,31H,4-7,11,13-15,18-19H2,1-3H3/t23-,27-/m0/s1. The van der Waals surface area contributed by atoms with Gasteiger partial charge in [-0.1, -0.05) is 18.6 Å². The number of ether oxygens (including phenoxy) is 3. The summed E-state index contributed by atoms with van der Waals surface area (Å²) in [4.78, 5) is 18.1. The Kier molecular flexibility index (Phi) is 7.63. The molecule has 2 aromatic carbocycles. The molecule has 192 valence electrons. The van der Waals surface area contributed by atoms with Crippen LogP contribution >= 0.6 is 0 Å². The first-order chi connectivity index (χ1) is 17.5. The Morgan fingerprint density at radius 3 is 2.78 bits per heavy atom. The Bertz CT molecular complexity index is 1220. The first-order valence-corrected chi connectivity index (χ1v) is 13.3. The molecular formula is C30H38N2O4. The van der Waals surface area contributed by atoms with Gasteiger partial charge in [0.25, 0.3) is 0 Å². The van der Waals surface area contributed by atoms with Crippen molar-refractivity contribution in [2.45, 2.75) is 71.1 Å². The smallest absolute Gasteiger partial charge is 0.159 e. The molecule has 0 spiro atoms. The number of carbonyl (C=O) groups excluding carboxylic acids is 1. The molecule has 5 rings (SSSR count). The number of nitrogens with zero attached hydrogens (tertiary/aromatic N) is 1. The molecule has 2 atom stereocenters. The van der Waals surface area contributed by atoms with Crippen LogP contribution in [0.15, 0.2) is 36.5 Å². The zero-order chi connectivity index (χ0) is 25.1. The molecule has 1 N–H and O–H groups in total. The molecule has 6 heteroatoms. The topological polar surface area (TPSA) is 63.8 Å². The van der Waals surface area contributed by atoms with E-state index >= 15 is 0 Å². The summed E-state index contributed by atoms with van der Waals surface area (Å²) in [6.07, 6.45) is 8.53.